The molecule has 0 aromatic carbocycles. The molecule has 2 amide bonds. The lowest BCUT2D eigenvalue weighted by molar-refractivity contribution is -0.192. The number of nitrogens with zero attached hydrogens (tertiary/aromatic N) is 5. The molecule has 4 heterocycles. The molecule has 10 nitrogen and oxygen atoms in total. The number of carboxylic acid groups (broad SMARTS) is 1. The Morgan fingerprint density at radius 1 is 1.26 bits per heavy atom. The molecule has 4 rings (SSSR count). The summed E-state index contributed by atoms with van der Waals surface area (Å²) in [4.78, 5) is 39.7. The second-order valence-corrected chi connectivity index (χ2v) is 8.46. The molecule has 186 valence electrons. The first kappa shape index (κ1) is 25.3. The van der Waals surface area contributed by atoms with Crippen molar-refractivity contribution in [1.29, 1.82) is 0 Å². The van der Waals surface area contributed by atoms with Crippen LogP contribution < -0.4 is 4.90 Å². The first-order valence-electron chi connectivity index (χ1n) is 10.5. The summed E-state index contributed by atoms with van der Waals surface area (Å²) >= 11 is 0. The zero-order valence-electron chi connectivity index (χ0n) is 19.0. The predicted molar refractivity (Wildman–Crippen MR) is 113 cm³/mol. The standard InChI is InChI=1S/C19H25N5O3.C2HF3O2/c1-14-4-5-17(27-14)10-22-7-6-19(12-22)13-23(16-8-20-21(3)9-16)18(26)11-24(19)15(2)25;3-2(4,5)1(6)7/h4-5,8-9H,6-7,10-13H2,1-3H3;(H,6,7). The summed E-state index contributed by atoms with van der Waals surface area (Å²) in [5.41, 5.74) is 0.405. The summed E-state index contributed by atoms with van der Waals surface area (Å²) in [6.45, 7) is 6.37. The minimum atomic E-state index is -5.08. The van der Waals surface area contributed by atoms with E-state index < -0.39 is 12.1 Å². The van der Waals surface area contributed by atoms with E-state index in [0.717, 1.165) is 36.7 Å². The number of carbonyl (C=O) groups excluding carboxylic acids is 2. The number of carboxylic acids is 1. The number of likely N-dealkylation sites (tertiary alicyclic amines) is 1. The fraction of sp³-hybridized carbons (Fsp3) is 0.524. The Balaban J connectivity index is 0.000000406. The molecule has 1 atom stereocenters. The van der Waals surface area contributed by atoms with E-state index in [0.29, 0.717) is 13.1 Å². The molecule has 2 fully saturated rings. The first-order chi connectivity index (χ1) is 15.8. The number of halogens is 3. The fourth-order valence-electron chi connectivity index (χ4n) is 4.30. The molecule has 1 spiro atoms. The van der Waals surface area contributed by atoms with E-state index in [1.54, 1.807) is 27.6 Å². The van der Waals surface area contributed by atoms with E-state index in [1.165, 1.54) is 0 Å². The van der Waals surface area contributed by atoms with Gasteiger partial charge in [0.1, 0.15) is 18.1 Å². The fourth-order valence-corrected chi connectivity index (χ4v) is 4.30. The minimum Gasteiger partial charge on any atom is -0.475 e. The van der Waals surface area contributed by atoms with Gasteiger partial charge < -0.3 is 19.3 Å². The van der Waals surface area contributed by atoms with Crippen LogP contribution in [0.1, 0.15) is 24.9 Å². The van der Waals surface area contributed by atoms with Gasteiger partial charge in [-0.2, -0.15) is 18.3 Å². The van der Waals surface area contributed by atoms with Crippen LogP contribution in [-0.2, 0) is 28.0 Å². The second kappa shape index (κ2) is 9.49. The van der Waals surface area contributed by atoms with Gasteiger partial charge in [-0.25, -0.2) is 4.79 Å². The van der Waals surface area contributed by atoms with Crippen molar-refractivity contribution in [2.75, 3.05) is 31.1 Å². The molecular formula is C21H26F3N5O5. The van der Waals surface area contributed by atoms with Crippen molar-refractivity contribution in [2.45, 2.75) is 38.5 Å². The summed E-state index contributed by atoms with van der Waals surface area (Å²) < 4.78 is 39.1. The summed E-state index contributed by atoms with van der Waals surface area (Å²) in [5.74, 6) is -1.05. The quantitative estimate of drug-likeness (QED) is 0.706. The van der Waals surface area contributed by atoms with Crippen LogP contribution in [0.3, 0.4) is 0 Å². The van der Waals surface area contributed by atoms with Gasteiger partial charge >= 0.3 is 12.1 Å². The number of piperazine rings is 1. The molecule has 2 aliphatic rings. The summed E-state index contributed by atoms with van der Waals surface area (Å²) in [7, 11) is 1.83. The monoisotopic (exact) mass is 485 g/mol. The van der Waals surface area contributed by atoms with E-state index in [-0.39, 0.29) is 23.9 Å². The Morgan fingerprint density at radius 2 is 1.94 bits per heavy atom. The summed E-state index contributed by atoms with van der Waals surface area (Å²) in [6.07, 6.45) is -0.711. The van der Waals surface area contributed by atoms with Crippen LogP contribution in [0, 0.1) is 6.92 Å². The molecule has 34 heavy (non-hydrogen) atoms. The molecule has 2 aromatic rings. The van der Waals surface area contributed by atoms with Crippen LogP contribution in [0.5, 0.6) is 0 Å². The third-order valence-electron chi connectivity index (χ3n) is 5.83. The highest BCUT2D eigenvalue weighted by atomic mass is 19.4. The molecule has 0 radical (unpaired) electrons. The number of amides is 2. The third-order valence-corrected chi connectivity index (χ3v) is 5.83. The molecular weight excluding hydrogens is 459 g/mol. The maximum atomic E-state index is 12.7. The predicted octanol–water partition coefficient (Wildman–Crippen LogP) is 1.79. The molecule has 2 aliphatic heterocycles. The highest BCUT2D eigenvalue weighted by molar-refractivity contribution is 5.98. The van der Waals surface area contributed by atoms with Gasteiger partial charge in [0.2, 0.25) is 11.8 Å². The average molecular weight is 485 g/mol. The van der Waals surface area contributed by atoms with Gasteiger partial charge in [0, 0.05) is 33.3 Å². The Labute approximate surface area is 193 Å². The summed E-state index contributed by atoms with van der Waals surface area (Å²) in [6, 6.07) is 3.96. The maximum absolute atomic E-state index is 12.7. The van der Waals surface area contributed by atoms with Crippen LogP contribution in [0.15, 0.2) is 28.9 Å². The second-order valence-electron chi connectivity index (χ2n) is 8.46. The number of anilines is 1. The van der Waals surface area contributed by atoms with E-state index in [1.807, 2.05) is 32.3 Å². The minimum absolute atomic E-state index is 0.0510. The van der Waals surface area contributed by atoms with Crippen LogP contribution in [0.4, 0.5) is 18.9 Å². The molecule has 0 aliphatic carbocycles. The number of hydrogen-bond donors (Lipinski definition) is 1. The third kappa shape index (κ3) is 5.58. The number of carbonyl (C=O) groups is 3. The van der Waals surface area contributed by atoms with E-state index >= 15 is 0 Å². The van der Waals surface area contributed by atoms with Crippen molar-refractivity contribution in [3.05, 3.63) is 36.0 Å². The van der Waals surface area contributed by atoms with Crippen molar-refractivity contribution in [3.63, 3.8) is 0 Å². The Hall–Kier alpha value is -3.35. The first-order valence-corrected chi connectivity index (χ1v) is 10.5. The number of rotatable bonds is 3. The molecule has 1 unspecified atom stereocenters. The number of hydrogen-bond acceptors (Lipinski definition) is 6. The Kier molecular flexibility index (Phi) is 7.05. The highest BCUT2D eigenvalue weighted by Crippen LogP contribution is 2.35. The van der Waals surface area contributed by atoms with Crippen LogP contribution in [0.2, 0.25) is 0 Å². The Morgan fingerprint density at radius 3 is 2.44 bits per heavy atom. The highest BCUT2D eigenvalue weighted by Gasteiger charge is 2.50. The number of aliphatic carboxylic acids is 1. The van der Waals surface area contributed by atoms with Gasteiger partial charge in [-0.1, -0.05) is 0 Å². The van der Waals surface area contributed by atoms with Gasteiger partial charge in [0.05, 0.1) is 30.5 Å². The molecule has 13 heteroatoms. The van der Waals surface area contributed by atoms with Crippen molar-refractivity contribution in [3.8, 4) is 0 Å². The van der Waals surface area contributed by atoms with Gasteiger partial charge in [-0.05, 0) is 25.5 Å². The topological polar surface area (TPSA) is 112 Å². The lowest BCUT2D eigenvalue weighted by Crippen LogP contribution is -2.66. The number of aryl methyl sites for hydroxylation is 2. The zero-order valence-corrected chi connectivity index (χ0v) is 19.0. The average Bonchev–Trinajstić information content (AvgIpc) is 3.45. The van der Waals surface area contributed by atoms with Crippen molar-refractivity contribution in [2.24, 2.45) is 7.05 Å². The van der Waals surface area contributed by atoms with Gasteiger partial charge in [0.25, 0.3) is 0 Å². The zero-order chi connectivity index (χ0) is 25.3. The molecule has 1 N–H and O–H groups in total. The van der Waals surface area contributed by atoms with Crippen molar-refractivity contribution in [1.82, 2.24) is 19.6 Å². The lowest BCUT2D eigenvalue weighted by Gasteiger charge is -2.47. The van der Waals surface area contributed by atoms with Crippen LogP contribution in [0.25, 0.3) is 0 Å². The van der Waals surface area contributed by atoms with Crippen molar-refractivity contribution >= 4 is 23.5 Å². The van der Waals surface area contributed by atoms with Crippen molar-refractivity contribution < 1.29 is 37.1 Å². The number of aromatic nitrogens is 2. The summed E-state index contributed by atoms with van der Waals surface area (Å²) in [5, 5.41) is 11.3. The molecule has 2 aromatic heterocycles. The number of furan rings is 1. The number of alkyl halides is 3. The van der Waals surface area contributed by atoms with Gasteiger partial charge in [0.15, 0.2) is 0 Å². The van der Waals surface area contributed by atoms with Gasteiger partial charge in [-0.3, -0.25) is 19.2 Å². The molecule has 0 saturated carbocycles. The van der Waals surface area contributed by atoms with Crippen LogP contribution in [-0.4, -0.2) is 80.4 Å². The largest absolute Gasteiger partial charge is 0.490 e. The molecule has 2 saturated heterocycles. The van der Waals surface area contributed by atoms with Gasteiger partial charge in [-0.15, -0.1) is 0 Å². The normalized spacial score (nSPS) is 21.1. The molecule has 0 bridgehead atoms. The van der Waals surface area contributed by atoms with E-state index in [9.17, 15) is 22.8 Å². The van der Waals surface area contributed by atoms with E-state index in [2.05, 4.69) is 10.00 Å². The maximum Gasteiger partial charge on any atom is 0.490 e. The SMILES string of the molecule is CC(=O)N1CC(=O)N(c2cnn(C)c2)CC12CCN(Cc1ccc(C)o1)C2.O=C(O)C(F)(F)F. The smallest absolute Gasteiger partial charge is 0.475 e. The lowest BCUT2D eigenvalue weighted by atomic mass is 9.92. The Bertz CT molecular complexity index is 1070. The van der Waals surface area contributed by atoms with Crippen LogP contribution >= 0.6 is 0 Å². The van der Waals surface area contributed by atoms with E-state index in [4.69, 9.17) is 14.3 Å².